The first kappa shape index (κ1) is 17.2. The Labute approximate surface area is 147 Å². The third-order valence-corrected chi connectivity index (χ3v) is 4.27. The second-order valence-electron chi connectivity index (χ2n) is 5.93. The number of rotatable bonds is 5. The molecule has 0 saturated carbocycles. The summed E-state index contributed by atoms with van der Waals surface area (Å²) in [5, 5.41) is 3.02. The summed E-state index contributed by atoms with van der Waals surface area (Å²) in [7, 11) is 3.46. The van der Waals surface area contributed by atoms with Gasteiger partial charge in [-0.1, -0.05) is 18.2 Å². The molecule has 0 radical (unpaired) electrons. The molecule has 1 saturated heterocycles. The van der Waals surface area contributed by atoms with E-state index in [1.54, 1.807) is 7.11 Å². The lowest BCUT2D eigenvalue weighted by molar-refractivity contribution is -0.138. The van der Waals surface area contributed by atoms with E-state index in [2.05, 4.69) is 10.3 Å². The molecule has 1 fully saturated rings. The van der Waals surface area contributed by atoms with Crippen LogP contribution in [0.2, 0.25) is 0 Å². The van der Waals surface area contributed by atoms with Gasteiger partial charge in [0.2, 0.25) is 5.91 Å². The number of nitrogens with one attached hydrogen (secondary N) is 1. The number of pyridine rings is 1. The van der Waals surface area contributed by atoms with Gasteiger partial charge in [-0.05, 0) is 29.8 Å². The van der Waals surface area contributed by atoms with E-state index in [-0.39, 0.29) is 12.0 Å². The fourth-order valence-electron chi connectivity index (χ4n) is 2.89. The lowest BCUT2D eigenvalue weighted by Crippen LogP contribution is -2.43. The van der Waals surface area contributed by atoms with Gasteiger partial charge >= 0.3 is 0 Å². The maximum atomic E-state index is 12.7. The van der Waals surface area contributed by atoms with Gasteiger partial charge in [-0.15, -0.1) is 0 Å². The molecule has 6 nitrogen and oxygen atoms in total. The number of benzene rings is 1. The molecule has 25 heavy (non-hydrogen) atoms. The summed E-state index contributed by atoms with van der Waals surface area (Å²) in [5.41, 5.74) is 1.79. The molecule has 0 spiro atoms. The topological polar surface area (TPSA) is 63.7 Å². The van der Waals surface area contributed by atoms with E-state index < -0.39 is 0 Å². The molecule has 132 valence electrons. The molecule has 1 unspecified atom stereocenters. The molecule has 2 aromatic rings. The minimum absolute atomic E-state index is 0.0892. The van der Waals surface area contributed by atoms with E-state index in [9.17, 15) is 4.79 Å². The van der Waals surface area contributed by atoms with Crippen molar-refractivity contribution in [1.29, 1.82) is 0 Å². The van der Waals surface area contributed by atoms with Crippen LogP contribution in [0.1, 0.15) is 17.4 Å². The quantitative estimate of drug-likeness (QED) is 0.904. The summed E-state index contributed by atoms with van der Waals surface area (Å²) in [4.78, 5) is 19.0. The van der Waals surface area contributed by atoms with Gasteiger partial charge in [-0.3, -0.25) is 4.79 Å². The van der Waals surface area contributed by atoms with Crippen molar-refractivity contribution in [3.05, 3.63) is 53.7 Å². The second kappa shape index (κ2) is 7.98. The fourth-order valence-corrected chi connectivity index (χ4v) is 2.89. The summed E-state index contributed by atoms with van der Waals surface area (Å²) < 4.78 is 11.0. The molecular weight excluding hydrogens is 318 g/mol. The minimum Gasteiger partial charge on any atom is -0.497 e. The minimum atomic E-state index is -0.198. The third-order valence-electron chi connectivity index (χ3n) is 4.27. The van der Waals surface area contributed by atoms with Crippen LogP contribution in [-0.2, 0) is 16.0 Å². The SMILES string of the molecule is CNc1cccc(C2CN(C(=O)Cc3cccc(OC)c3)CCO2)n1. The number of methoxy groups -OCH3 is 1. The van der Waals surface area contributed by atoms with Crippen molar-refractivity contribution in [3.8, 4) is 5.75 Å². The van der Waals surface area contributed by atoms with E-state index >= 15 is 0 Å². The predicted octanol–water partition coefficient (Wildman–Crippen LogP) is 2.27. The molecule has 2 heterocycles. The maximum Gasteiger partial charge on any atom is 0.227 e. The monoisotopic (exact) mass is 341 g/mol. The molecule has 1 aromatic heterocycles. The van der Waals surface area contributed by atoms with Gasteiger partial charge in [0.05, 0.1) is 32.4 Å². The third kappa shape index (κ3) is 4.28. The number of carbonyl (C=O) groups excluding carboxylic acids is 1. The number of anilines is 1. The number of hydrogen-bond donors (Lipinski definition) is 1. The van der Waals surface area contributed by atoms with Crippen molar-refractivity contribution in [2.45, 2.75) is 12.5 Å². The molecule has 0 bridgehead atoms. The van der Waals surface area contributed by atoms with Crippen LogP contribution in [-0.4, -0.2) is 49.6 Å². The highest BCUT2D eigenvalue weighted by Gasteiger charge is 2.26. The molecule has 3 rings (SSSR count). The average Bonchev–Trinajstić information content (AvgIpc) is 2.68. The van der Waals surface area contributed by atoms with Crippen LogP contribution in [0.25, 0.3) is 0 Å². The first-order valence-corrected chi connectivity index (χ1v) is 8.36. The molecule has 0 aliphatic carbocycles. The largest absolute Gasteiger partial charge is 0.497 e. The Kier molecular flexibility index (Phi) is 5.50. The number of carbonyl (C=O) groups is 1. The predicted molar refractivity (Wildman–Crippen MR) is 95.8 cm³/mol. The Morgan fingerprint density at radius 1 is 1.36 bits per heavy atom. The van der Waals surface area contributed by atoms with Crippen LogP contribution in [0.3, 0.4) is 0 Å². The van der Waals surface area contributed by atoms with E-state index in [1.807, 2.05) is 54.4 Å². The van der Waals surface area contributed by atoms with Crippen LogP contribution in [0.15, 0.2) is 42.5 Å². The Bertz CT molecular complexity index is 735. The van der Waals surface area contributed by atoms with Gasteiger partial charge in [0.15, 0.2) is 0 Å². The van der Waals surface area contributed by atoms with Crippen molar-refractivity contribution < 1.29 is 14.3 Å². The van der Waals surface area contributed by atoms with Gasteiger partial charge in [-0.25, -0.2) is 4.98 Å². The Balaban J connectivity index is 1.66. The zero-order valence-corrected chi connectivity index (χ0v) is 14.6. The smallest absolute Gasteiger partial charge is 0.227 e. The maximum absolute atomic E-state index is 12.7. The van der Waals surface area contributed by atoms with Crippen molar-refractivity contribution in [1.82, 2.24) is 9.88 Å². The fraction of sp³-hybridized carbons (Fsp3) is 0.368. The number of ether oxygens (including phenoxy) is 2. The van der Waals surface area contributed by atoms with Gasteiger partial charge in [0.1, 0.15) is 17.7 Å². The van der Waals surface area contributed by atoms with E-state index in [1.165, 1.54) is 0 Å². The van der Waals surface area contributed by atoms with E-state index in [0.29, 0.717) is 26.1 Å². The van der Waals surface area contributed by atoms with Crippen molar-refractivity contribution in [2.75, 3.05) is 39.2 Å². The van der Waals surface area contributed by atoms with Gasteiger partial charge in [0, 0.05) is 13.6 Å². The lowest BCUT2D eigenvalue weighted by Gasteiger charge is -2.33. The lowest BCUT2D eigenvalue weighted by atomic mass is 10.1. The van der Waals surface area contributed by atoms with Crippen LogP contribution < -0.4 is 10.1 Å². The second-order valence-corrected chi connectivity index (χ2v) is 5.93. The normalized spacial score (nSPS) is 17.2. The van der Waals surface area contributed by atoms with Crippen molar-refractivity contribution in [2.24, 2.45) is 0 Å². The summed E-state index contributed by atoms with van der Waals surface area (Å²) >= 11 is 0. The Morgan fingerprint density at radius 3 is 3.00 bits per heavy atom. The van der Waals surface area contributed by atoms with E-state index in [0.717, 1.165) is 22.8 Å². The average molecular weight is 341 g/mol. The summed E-state index contributed by atoms with van der Waals surface area (Å²) in [6, 6.07) is 13.4. The Morgan fingerprint density at radius 2 is 2.20 bits per heavy atom. The molecule has 1 N–H and O–H groups in total. The van der Waals surface area contributed by atoms with Crippen LogP contribution in [0.4, 0.5) is 5.82 Å². The highest BCUT2D eigenvalue weighted by molar-refractivity contribution is 5.79. The number of aromatic nitrogens is 1. The number of morpholine rings is 1. The van der Waals surface area contributed by atoms with Crippen LogP contribution in [0.5, 0.6) is 5.75 Å². The van der Waals surface area contributed by atoms with Crippen molar-refractivity contribution >= 4 is 11.7 Å². The van der Waals surface area contributed by atoms with Crippen LogP contribution >= 0.6 is 0 Å². The summed E-state index contributed by atoms with van der Waals surface area (Å²) in [5.74, 6) is 1.64. The summed E-state index contributed by atoms with van der Waals surface area (Å²) in [6.07, 6.45) is 0.157. The van der Waals surface area contributed by atoms with E-state index in [4.69, 9.17) is 9.47 Å². The van der Waals surface area contributed by atoms with Gasteiger partial charge in [0.25, 0.3) is 0 Å². The number of amides is 1. The molecule has 1 aromatic carbocycles. The highest BCUT2D eigenvalue weighted by atomic mass is 16.5. The molecular formula is C19H23N3O3. The molecule has 1 atom stereocenters. The van der Waals surface area contributed by atoms with Gasteiger partial charge in [-0.2, -0.15) is 0 Å². The molecule has 1 amide bonds. The number of hydrogen-bond acceptors (Lipinski definition) is 5. The molecule has 6 heteroatoms. The van der Waals surface area contributed by atoms with Crippen molar-refractivity contribution in [3.63, 3.8) is 0 Å². The zero-order chi connectivity index (χ0) is 17.6. The Hall–Kier alpha value is -2.60. The first-order chi connectivity index (χ1) is 12.2. The molecule has 1 aliphatic rings. The summed E-state index contributed by atoms with van der Waals surface area (Å²) in [6.45, 7) is 1.63. The van der Waals surface area contributed by atoms with Crippen LogP contribution in [0, 0.1) is 0 Å². The van der Waals surface area contributed by atoms with Gasteiger partial charge < -0.3 is 19.7 Å². The molecule has 1 aliphatic heterocycles. The highest BCUT2D eigenvalue weighted by Crippen LogP contribution is 2.22. The first-order valence-electron chi connectivity index (χ1n) is 8.36. The number of nitrogens with zero attached hydrogens (tertiary/aromatic N) is 2. The zero-order valence-electron chi connectivity index (χ0n) is 14.6. The standard InChI is InChI=1S/C19H23N3O3/c1-20-18-8-4-7-16(21-18)17-13-22(9-10-25-17)19(23)12-14-5-3-6-15(11-14)24-2/h3-8,11,17H,9-10,12-13H2,1-2H3,(H,20,21).